The molecule has 2 saturated carbocycles. The van der Waals surface area contributed by atoms with Gasteiger partial charge in [0.2, 0.25) is 0 Å². The average Bonchev–Trinajstić information content (AvgIpc) is 3.46. The molecule has 2 aliphatic carbocycles. The highest BCUT2D eigenvalue weighted by atomic mass is 35.5. The minimum atomic E-state index is -0.0903. The van der Waals surface area contributed by atoms with Gasteiger partial charge < -0.3 is 9.88 Å². The summed E-state index contributed by atoms with van der Waals surface area (Å²) < 4.78 is 1.90. The molecule has 2 aromatic carbocycles. The van der Waals surface area contributed by atoms with E-state index in [4.69, 9.17) is 11.6 Å². The average molecular weight is 379 g/mol. The van der Waals surface area contributed by atoms with Crippen molar-refractivity contribution in [3.8, 4) is 0 Å². The van der Waals surface area contributed by atoms with Crippen LogP contribution in [-0.2, 0) is 5.54 Å². The van der Waals surface area contributed by atoms with Gasteiger partial charge in [-0.2, -0.15) is 0 Å². The molecular weight excluding hydrogens is 356 g/mol. The molecule has 1 heterocycles. The van der Waals surface area contributed by atoms with Crippen LogP contribution < -0.4 is 10.9 Å². The summed E-state index contributed by atoms with van der Waals surface area (Å²) in [6.45, 7) is 2.09. The Kier molecular flexibility index (Phi) is 3.83. The van der Waals surface area contributed by atoms with Crippen molar-refractivity contribution >= 4 is 28.1 Å². The second-order valence-electron chi connectivity index (χ2n) is 8.03. The van der Waals surface area contributed by atoms with Gasteiger partial charge in [-0.15, -0.1) is 0 Å². The third kappa shape index (κ3) is 2.76. The number of halogens is 1. The lowest BCUT2D eigenvalue weighted by Gasteiger charge is -2.45. The zero-order valence-corrected chi connectivity index (χ0v) is 16.2. The summed E-state index contributed by atoms with van der Waals surface area (Å²) in [7, 11) is 0. The molecule has 4 heteroatoms. The van der Waals surface area contributed by atoms with Crippen LogP contribution in [0.3, 0.4) is 0 Å². The summed E-state index contributed by atoms with van der Waals surface area (Å²) >= 11 is 6.38. The minimum absolute atomic E-state index is 0.0903. The van der Waals surface area contributed by atoms with Gasteiger partial charge in [0.15, 0.2) is 0 Å². The quantitative estimate of drug-likeness (QED) is 0.623. The van der Waals surface area contributed by atoms with Gasteiger partial charge in [0.1, 0.15) is 0 Å². The highest BCUT2D eigenvalue weighted by Gasteiger charge is 2.40. The molecule has 3 nitrogen and oxygen atoms in total. The molecule has 0 spiro atoms. The van der Waals surface area contributed by atoms with Crippen molar-refractivity contribution in [3.63, 3.8) is 0 Å². The van der Waals surface area contributed by atoms with Crippen LogP contribution in [0.2, 0.25) is 5.02 Å². The van der Waals surface area contributed by atoms with Crippen molar-refractivity contribution in [1.82, 2.24) is 4.57 Å². The number of hydrogen-bond donors (Lipinski definition) is 1. The van der Waals surface area contributed by atoms with E-state index in [1.807, 2.05) is 35.0 Å². The Hall–Kier alpha value is -2.26. The van der Waals surface area contributed by atoms with Gasteiger partial charge in [-0.3, -0.25) is 4.79 Å². The van der Waals surface area contributed by atoms with Gasteiger partial charge in [-0.1, -0.05) is 29.8 Å². The Bertz CT molecular complexity index is 1090. The molecule has 0 unspecified atom stereocenters. The molecule has 0 radical (unpaired) electrons. The first-order valence-corrected chi connectivity index (χ1v) is 10.1. The highest BCUT2D eigenvalue weighted by molar-refractivity contribution is 6.31. The third-order valence-corrected chi connectivity index (χ3v) is 6.66. The van der Waals surface area contributed by atoms with Crippen LogP contribution in [0.15, 0.2) is 53.5 Å². The van der Waals surface area contributed by atoms with Crippen LogP contribution in [0.5, 0.6) is 0 Å². The SMILES string of the molecule is Cc1c(Cl)cccc1C1(Nc2ccc3ccn(C4CC4)c(=O)c3c2)CCC1. The van der Waals surface area contributed by atoms with Crippen molar-refractivity contribution in [2.45, 2.75) is 50.6 Å². The van der Waals surface area contributed by atoms with Crippen LogP contribution >= 0.6 is 11.6 Å². The van der Waals surface area contributed by atoms with Crippen LogP contribution in [0.1, 0.15) is 49.3 Å². The summed E-state index contributed by atoms with van der Waals surface area (Å²) in [5.74, 6) is 0. The van der Waals surface area contributed by atoms with Crippen LogP contribution in [0.4, 0.5) is 5.69 Å². The lowest BCUT2D eigenvalue weighted by atomic mass is 9.70. The minimum Gasteiger partial charge on any atom is -0.375 e. The number of anilines is 1. The molecule has 1 N–H and O–H groups in total. The number of nitrogens with zero attached hydrogens (tertiary/aromatic N) is 1. The summed E-state index contributed by atoms with van der Waals surface area (Å²) in [6.07, 6.45) is 7.51. The Morgan fingerprint density at radius 3 is 2.67 bits per heavy atom. The molecule has 27 heavy (non-hydrogen) atoms. The summed E-state index contributed by atoms with van der Waals surface area (Å²) in [6, 6.07) is 14.8. The summed E-state index contributed by atoms with van der Waals surface area (Å²) in [5, 5.41) is 6.37. The van der Waals surface area contributed by atoms with Gasteiger partial charge in [-0.05, 0) is 79.8 Å². The van der Waals surface area contributed by atoms with E-state index in [1.54, 1.807) is 0 Å². The van der Waals surface area contributed by atoms with E-state index in [-0.39, 0.29) is 11.1 Å². The van der Waals surface area contributed by atoms with Crippen LogP contribution in [-0.4, -0.2) is 4.57 Å². The van der Waals surface area contributed by atoms with E-state index >= 15 is 0 Å². The first kappa shape index (κ1) is 16.9. The number of aromatic nitrogens is 1. The lowest BCUT2D eigenvalue weighted by molar-refractivity contribution is 0.283. The predicted molar refractivity (Wildman–Crippen MR) is 112 cm³/mol. The zero-order chi connectivity index (χ0) is 18.6. The number of pyridine rings is 1. The van der Waals surface area contributed by atoms with Crippen molar-refractivity contribution in [3.05, 3.63) is 75.2 Å². The van der Waals surface area contributed by atoms with Crippen molar-refractivity contribution < 1.29 is 0 Å². The van der Waals surface area contributed by atoms with Gasteiger partial charge >= 0.3 is 0 Å². The standard InChI is InChI=1S/C23H23ClN2O/c1-15-20(4-2-5-21(15)24)23(11-3-12-23)25-17-7-6-16-10-13-26(18-8-9-18)22(27)19(16)14-17/h2,4-7,10,13-14,18,25H,3,8-9,11-12H2,1H3. The van der Waals surface area contributed by atoms with Gasteiger partial charge in [0, 0.05) is 28.3 Å². The third-order valence-electron chi connectivity index (χ3n) is 6.25. The molecule has 5 rings (SSSR count). The number of nitrogens with one attached hydrogen (secondary N) is 1. The van der Waals surface area contributed by atoms with Crippen LogP contribution in [0.25, 0.3) is 10.8 Å². The molecule has 0 saturated heterocycles. The van der Waals surface area contributed by atoms with Gasteiger partial charge in [0.25, 0.3) is 5.56 Å². The predicted octanol–water partition coefficient (Wildman–Crippen LogP) is 5.79. The number of fused-ring (bicyclic) bond motifs is 1. The highest BCUT2D eigenvalue weighted by Crippen LogP contribution is 2.46. The molecule has 2 fully saturated rings. The number of hydrogen-bond acceptors (Lipinski definition) is 2. The molecule has 1 aromatic heterocycles. The smallest absolute Gasteiger partial charge is 0.258 e. The zero-order valence-electron chi connectivity index (χ0n) is 15.5. The molecular formula is C23H23ClN2O. The van der Waals surface area contributed by atoms with Crippen molar-refractivity contribution in [2.24, 2.45) is 0 Å². The van der Waals surface area contributed by atoms with E-state index in [2.05, 4.69) is 30.4 Å². The Labute approximate surface area is 164 Å². The van der Waals surface area contributed by atoms with E-state index in [0.717, 1.165) is 52.7 Å². The molecule has 3 aromatic rings. The molecule has 0 aliphatic heterocycles. The van der Waals surface area contributed by atoms with Crippen molar-refractivity contribution in [2.75, 3.05) is 5.32 Å². The van der Waals surface area contributed by atoms with Gasteiger partial charge in [-0.25, -0.2) is 0 Å². The Balaban J connectivity index is 1.56. The summed E-state index contributed by atoms with van der Waals surface area (Å²) in [5.41, 5.74) is 3.45. The molecule has 2 aliphatic rings. The van der Waals surface area contributed by atoms with E-state index < -0.39 is 0 Å². The van der Waals surface area contributed by atoms with E-state index in [9.17, 15) is 4.79 Å². The second-order valence-corrected chi connectivity index (χ2v) is 8.44. The van der Waals surface area contributed by atoms with Gasteiger partial charge in [0.05, 0.1) is 5.54 Å². The Morgan fingerprint density at radius 2 is 1.96 bits per heavy atom. The molecule has 138 valence electrons. The Morgan fingerprint density at radius 1 is 1.15 bits per heavy atom. The normalized spacial score (nSPS) is 18.3. The fraction of sp³-hybridized carbons (Fsp3) is 0.348. The summed E-state index contributed by atoms with van der Waals surface area (Å²) in [4.78, 5) is 12.9. The maximum Gasteiger partial charge on any atom is 0.258 e. The maximum absolute atomic E-state index is 12.9. The first-order valence-electron chi connectivity index (χ1n) is 9.76. The lowest BCUT2D eigenvalue weighted by Crippen LogP contribution is -2.42. The topological polar surface area (TPSA) is 34.0 Å². The fourth-order valence-electron chi connectivity index (χ4n) is 4.37. The number of benzene rings is 2. The number of rotatable bonds is 4. The second kappa shape index (κ2) is 6.13. The van der Waals surface area contributed by atoms with E-state index in [0.29, 0.717) is 6.04 Å². The monoisotopic (exact) mass is 378 g/mol. The fourth-order valence-corrected chi connectivity index (χ4v) is 4.54. The largest absolute Gasteiger partial charge is 0.375 e. The first-order chi connectivity index (χ1) is 13.1. The molecule has 0 bridgehead atoms. The van der Waals surface area contributed by atoms with E-state index in [1.165, 1.54) is 12.0 Å². The van der Waals surface area contributed by atoms with Crippen LogP contribution in [0, 0.1) is 6.92 Å². The maximum atomic E-state index is 12.9. The molecule has 0 atom stereocenters. The van der Waals surface area contributed by atoms with Crippen molar-refractivity contribution in [1.29, 1.82) is 0 Å². The molecule has 0 amide bonds.